The molecule has 0 spiro atoms. The molecule has 0 unspecified atom stereocenters. The Bertz CT molecular complexity index is 520. The number of likely N-dealkylation sites (N-methyl/N-ethyl adjacent to an activating group) is 1. The lowest BCUT2D eigenvalue weighted by Crippen LogP contribution is -2.35. The standard InChI is InChI=1S/C13H18N4OS/c1-3-17(2)12(18)9-14-7-10-8-15-16-13(10)11-5-4-6-19-11/h4-6,8,14H,3,7,9H2,1-2H3,(H,15,16). The van der Waals surface area contributed by atoms with Gasteiger partial charge in [-0.3, -0.25) is 9.89 Å². The normalized spacial score (nSPS) is 10.6. The van der Waals surface area contributed by atoms with Gasteiger partial charge in [0, 0.05) is 25.7 Å². The lowest BCUT2D eigenvalue weighted by Gasteiger charge is -2.14. The Morgan fingerprint density at radius 3 is 3.11 bits per heavy atom. The number of carbonyl (C=O) groups excluding carboxylic acids is 1. The molecule has 102 valence electrons. The van der Waals surface area contributed by atoms with Gasteiger partial charge < -0.3 is 10.2 Å². The van der Waals surface area contributed by atoms with Crippen LogP contribution in [0.2, 0.25) is 0 Å². The van der Waals surface area contributed by atoms with Crippen LogP contribution >= 0.6 is 11.3 Å². The number of nitrogens with zero attached hydrogens (tertiary/aromatic N) is 2. The van der Waals surface area contributed by atoms with E-state index in [1.54, 1.807) is 29.5 Å². The van der Waals surface area contributed by atoms with E-state index in [0.717, 1.165) is 22.7 Å². The second kappa shape index (κ2) is 6.49. The molecule has 0 atom stereocenters. The number of nitrogens with one attached hydrogen (secondary N) is 2. The summed E-state index contributed by atoms with van der Waals surface area (Å²) in [7, 11) is 1.80. The average molecular weight is 278 g/mol. The first-order valence-electron chi connectivity index (χ1n) is 6.23. The van der Waals surface area contributed by atoms with Gasteiger partial charge in [-0.05, 0) is 18.4 Å². The van der Waals surface area contributed by atoms with Gasteiger partial charge in [0.1, 0.15) is 0 Å². The van der Waals surface area contributed by atoms with Crippen LogP contribution in [0.4, 0.5) is 0 Å². The zero-order valence-electron chi connectivity index (χ0n) is 11.1. The fourth-order valence-electron chi connectivity index (χ4n) is 1.69. The van der Waals surface area contributed by atoms with Gasteiger partial charge in [0.2, 0.25) is 5.91 Å². The van der Waals surface area contributed by atoms with Crippen molar-refractivity contribution in [2.75, 3.05) is 20.1 Å². The van der Waals surface area contributed by atoms with Crippen LogP contribution in [-0.2, 0) is 11.3 Å². The first-order valence-corrected chi connectivity index (χ1v) is 7.11. The lowest BCUT2D eigenvalue weighted by molar-refractivity contribution is -0.128. The summed E-state index contributed by atoms with van der Waals surface area (Å²) in [5, 5.41) is 12.3. The van der Waals surface area contributed by atoms with Crippen molar-refractivity contribution >= 4 is 17.2 Å². The van der Waals surface area contributed by atoms with E-state index in [1.807, 2.05) is 18.4 Å². The van der Waals surface area contributed by atoms with E-state index in [1.165, 1.54) is 0 Å². The second-order valence-corrected chi connectivity index (χ2v) is 5.21. The number of H-pyrrole nitrogens is 1. The van der Waals surface area contributed by atoms with E-state index >= 15 is 0 Å². The smallest absolute Gasteiger partial charge is 0.236 e. The van der Waals surface area contributed by atoms with Gasteiger partial charge in [-0.25, -0.2) is 0 Å². The van der Waals surface area contributed by atoms with E-state index in [2.05, 4.69) is 21.6 Å². The third kappa shape index (κ3) is 3.42. The lowest BCUT2D eigenvalue weighted by atomic mass is 10.2. The molecular weight excluding hydrogens is 260 g/mol. The van der Waals surface area contributed by atoms with Crippen molar-refractivity contribution in [2.45, 2.75) is 13.5 Å². The molecule has 2 rings (SSSR count). The summed E-state index contributed by atoms with van der Waals surface area (Å²) >= 11 is 1.67. The summed E-state index contributed by atoms with van der Waals surface area (Å²) in [5.41, 5.74) is 2.10. The van der Waals surface area contributed by atoms with Crippen molar-refractivity contribution < 1.29 is 4.79 Å². The molecule has 0 saturated carbocycles. The first-order chi connectivity index (χ1) is 9.22. The van der Waals surface area contributed by atoms with Gasteiger partial charge in [-0.15, -0.1) is 11.3 Å². The molecule has 0 saturated heterocycles. The molecule has 19 heavy (non-hydrogen) atoms. The Morgan fingerprint density at radius 1 is 1.58 bits per heavy atom. The summed E-state index contributed by atoms with van der Waals surface area (Å²) in [6, 6.07) is 4.06. The van der Waals surface area contributed by atoms with Crippen molar-refractivity contribution in [2.24, 2.45) is 0 Å². The maximum absolute atomic E-state index is 11.7. The van der Waals surface area contributed by atoms with Crippen LogP contribution in [0.15, 0.2) is 23.7 Å². The summed E-state index contributed by atoms with van der Waals surface area (Å²) < 4.78 is 0. The Morgan fingerprint density at radius 2 is 2.42 bits per heavy atom. The second-order valence-electron chi connectivity index (χ2n) is 4.26. The van der Waals surface area contributed by atoms with Crippen molar-refractivity contribution in [1.29, 1.82) is 0 Å². The number of amides is 1. The zero-order valence-corrected chi connectivity index (χ0v) is 12.0. The molecular formula is C13H18N4OS. The van der Waals surface area contributed by atoms with E-state index in [-0.39, 0.29) is 5.91 Å². The predicted octanol–water partition coefficient (Wildman–Crippen LogP) is 1.71. The van der Waals surface area contributed by atoms with E-state index in [9.17, 15) is 4.79 Å². The van der Waals surface area contributed by atoms with Crippen molar-refractivity contribution in [3.05, 3.63) is 29.3 Å². The molecule has 2 aromatic rings. The highest BCUT2D eigenvalue weighted by Gasteiger charge is 2.10. The van der Waals surface area contributed by atoms with Crippen molar-refractivity contribution in [1.82, 2.24) is 20.4 Å². The molecule has 6 heteroatoms. The van der Waals surface area contributed by atoms with Crippen molar-refractivity contribution in [3.63, 3.8) is 0 Å². The highest BCUT2D eigenvalue weighted by Crippen LogP contribution is 2.25. The first kappa shape index (κ1) is 13.8. The zero-order chi connectivity index (χ0) is 13.7. The van der Waals surface area contributed by atoms with Gasteiger partial charge in [-0.1, -0.05) is 6.07 Å². The van der Waals surface area contributed by atoms with Crippen LogP contribution in [0.3, 0.4) is 0 Å². The predicted molar refractivity (Wildman–Crippen MR) is 76.9 cm³/mol. The van der Waals surface area contributed by atoms with E-state index in [0.29, 0.717) is 13.1 Å². The number of aromatic amines is 1. The average Bonchev–Trinajstić information content (AvgIpc) is 3.07. The molecule has 2 N–H and O–H groups in total. The molecule has 0 aliphatic heterocycles. The van der Waals surface area contributed by atoms with Crippen LogP contribution in [-0.4, -0.2) is 41.1 Å². The third-order valence-corrected chi connectivity index (χ3v) is 3.86. The molecule has 0 aliphatic rings. The minimum atomic E-state index is 0.101. The summed E-state index contributed by atoms with van der Waals surface area (Å²) in [6.45, 7) is 3.67. The van der Waals surface area contributed by atoms with Crippen LogP contribution < -0.4 is 5.32 Å². The Hall–Kier alpha value is -1.66. The number of hydrogen-bond donors (Lipinski definition) is 2. The number of aromatic nitrogens is 2. The molecule has 1 amide bonds. The van der Waals surface area contributed by atoms with Crippen LogP contribution in [0.5, 0.6) is 0 Å². The number of rotatable bonds is 6. The van der Waals surface area contributed by atoms with E-state index < -0.39 is 0 Å². The number of carbonyl (C=O) groups is 1. The van der Waals surface area contributed by atoms with E-state index in [4.69, 9.17) is 0 Å². The Labute approximate surface area is 116 Å². The topological polar surface area (TPSA) is 61.0 Å². The molecule has 0 radical (unpaired) electrons. The summed E-state index contributed by atoms with van der Waals surface area (Å²) in [5.74, 6) is 0.101. The minimum Gasteiger partial charge on any atom is -0.345 e. The molecule has 0 bridgehead atoms. The molecule has 2 heterocycles. The fraction of sp³-hybridized carbons (Fsp3) is 0.385. The van der Waals surface area contributed by atoms with Gasteiger partial charge in [0.25, 0.3) is 0 Å². The van der Waals surface area contributed by atoms with Gasteiger partial charge in [-0.2, -0.15) is 5.10 Å². The van der Waals surface area contributed by atoms with Gasteiger partial charge in [0.15, 0.2) is 0 Å². The number of thiophene rings is 1. The maximum atomic E-state index is 11.7. The van der Waals surface area contributed by atoms with Gasteiger partial charge in [0.05, 0.1) is 23.3 Å². The van der Waals surface area contributed by atoms with Gasteiger partial charge >= 0.3 is 0 Å². The van der Waals surface area contributed by atoms with Crippen LogP contribution in [0, 0.1) is 0 Å². The monoisotopic (exact) mass is 278 g/mol. The quantitative estimate of drug-likeness (QED) is 0.845. The Kier molecular flexibility index (Phi) is 4.70. The summed E-state index contributed by atoms with van der Waals surface area (Å²) in [4.78, 5) is 14.5. The summed E-state index contributed by atoms with van der Waals surface area (Å²) in [6.07, 6.45) is 1.80. The number of hydrogen-bond acceptors (Lipinski definition) is 4. The molecule has 2 aromatic heterocycles. The van der Waals surface area contributed by atoms with Crippen LogP contribution in [0.25, 0.3) is 10.6 Å². The third-order valence-electron chi connectivity index (χ3n) is 2.98. The highest BCUT2D eigenvalue weighted by atomic mass is 32.1. The molecule has 5 nitrogen and oxygen atoms in total. The minimum absolute atomic E-state index is 0.101. The Balaban J connectivity index is 1.91. The fourth-order valence-corrected chi connectivity index (χ4v) is 2.45. The highest BCUT2D eigenvalue weighted by molar-refractivity contribution is 7.13. The SMILES string of the molecule is CCN(C)C(=O)CNCc1cn[nH]c1-c1cccs1. The molecule has 0 fully saturated rings. The largest absolute Gasteiger partial charge is 0.345 e. The van der Waals surface area contributed by atoms with Crippen LogP contribution in [0.1, 0.15) is 12.5 Å². The maximum Gasteiger partial charge on any atom is 0.236 e. The molecule has 0 aromatic carbocycles. The van der Waals surface area contributed by atoms with Crippen molar-refractivity contribution in [3.8, 4) is 10.6 Å². The molecule has 0 aliphatic carbocycles.